The van der Waals surface area contributed by atoms with E-state index in [0.29, 0.717) is 21.5 Å². The summed E-state index contributed by atoms with van der Waals surface area (Å²) in [4.78, 5) is 34.7. The third kappa shape index (κ3) is 4.42. The lowest BCUT2D eigenvalue weighted by atomic mass is 9.90. The maximum atomic E-state index is 13.7. The molecule has 2 unspecified atom stereocenters. The zero-order valence-corrected chi connectivity index (χ0v) is 21.9. The average Bonchev–Trinajstić information content (AvgIpc) is 3.32. The van der Waals surface area contributed by atoms with E-state index in [1.807, 2.05) is 24.3 Å². The average molecular weight is 575 g/mol. The number of hydrogen-bond acceptors (Lipinski definition) is 6. The van der Waals surface area contributed by atoms with Gasteiger partial charge in [-0.15, -0.1) is 11.8 Å². The summed E-state index contributed by atoms with van der Waals surface area (Å²) in [5.41, 5.74) is -1.02. The second kappa shape index (κ2) is 9.42. The standard InChI is InChI=1S/C27H22ClF3N4O3S/c28-19-4-2-1-3-17(19)22-12-20-23(39-22)24(36)35(25(37)33-20)21-14-32-13-15-5-6-16(11-18(15)21)34-9-7-26(38,8-10-34)27(29,30)31/h1-6,11-14,20,23,38H,7-10H2,(H,33,37). The lowest BCUT2D eigenvalue weighted by Gasteiger charge is -2.40. The molecule has 0 aliphatic carbocycles. The number of nitrogens with one attached hydrogen (secondary N) is 1. The Morgan fingerprint density at radius 1 is 1.10 bits per heavy atom. The third-order valence-electron chi connectivity index (χ3n) is 7.45. The number of urea groups is 1. The number of benzene rings is 2. The number of amides is 3. The highest BCUT2D eigenvalue weighted by atomic mass is 35.5. The maximum Gasteiger partial charge on any atom is 0.417 e. The number of hydrogen-bond donors (Lipinski definition) is 2. The van der Waals surface area contributed by atoms with Gasteiger partial charge in [0.2, 0.25) is 0 Å². The van der Waals surface area contributed by atoms with E-state index >= 15 is 0 Å². The van der Waals surface area contributed by atoms with Gasteiger partial charge < -0.3 is 15.3 Å². The fourth-order valence-corrected chi connectivity index (χ4v) is 6.82. The Morgan fingerprint density at radius 2 is 1.85 bits per heavy atom. The molecule has 6 rings (SSSR count). The molecule has 3 amide bonds. The first-order valence-electron chi connectivity index (χ1n) is 12.3. The summed E-state index contributed by atoms with van der Waals surface area (Å²) in [7, 11) is 0. The number of carbonyl (C=O) groups is 2. The molecule has 3 aromatic rings. The van der Waals surface area contributed by atoms with E-state index in [-0.39, 0.29) is 18.8 Å². The van der Waals surface area contributed by atoms with Crippen LogP contribution in [0.25, 0.3) is 15.7 Å². The Balaban J connectivity index is 1.29. The van der Waals surface area contributed by atoms with E-state index in [2.05, 4.69) is 10.3 Å². The molecule has 2 fully saturated rings. The van der Waals surface area contributed by atoms with Crippen molar-refractivity contribution in [3.63, 3.8) is 0 Å². The summed E-state index contributed by atoms with van der Waals surface area (Å²) in [5.74, 6) is -0.403. The Bertz CT molecular complexity index is 1520. The van der Waals surface area contributed by atoms with Crippen LogP contribution in [0.4, 0.5) is 29.3 Å². The van der Waals surface area contributed by atoms with Gasteiger partial charge in [-0.25, -0.2) is 9.69 Å². The van der Waals surface area contributed by atoms with Gasteiger partial charge in [-0.1, -0.05) is 35.9 Å². The van der Waals surface area contributed by atoms with E-state index in [1.54, 1.807) is 35.4 Å². The summed E-state index contributed by atoms with van der Waals surface area (Å²) >= 11 is 7.68. The molecule has 202 valence electrons. The van der Waals surface area contributed by atoms with Gasteiger partial charge in [0.05, 0.1) is 17.9 Å². The summed E-state index contributed by atoms with van der Waals surface area (Å²) < 4.78 is 39.8. The number of alkyl halides is 3. The normalized spacial score (nSPS) is 23.1. The van der Waals surface area contributed by atoms with Crippen LogP contribution in [0.1, 0.15) is 18.4 Å². The van der Waals surface area contributed by atoms with E-state index in [1.165, 1.54) is 18.0 Å². The van der Waals surface area contributed by atoms with Crippen LogP contribution >= 0.6 is 23.4 Å². The largest absolute Gasteiger partial charge is 0.417 e. The van der Waals surface area contributed by atoms with Crippen molar-refractivity contribution in [2.24, 2.45) is 0 Å². The second-order valence-electron chi connectivity index (χ2n) is 9.78. The van der Waals surface area contributed by atoms with E-state index in [0.717, 1.165) is 15.4 Å². The lowest BCUT2D eigenvalue weighted by molar-refractivity contribution is -0.266. The summed E-state index contributed by atoms with van der Waals surface area (Å²) in [6.45, 7) is 0.00387. The number of carbonyl (C=O) groups excluding carboxylic acids is 2. The van der Waals surface area contributed by atoms with Crippen molar-refractivity contribution in [1.82, 2.24) is 10.3 Å². The highest BCUT2D eigenvalue weighted by molar-refractivity contribution is 8.09. The first kappa shape index (κ1) is 26.0. The molecule has 2 atom stereocenters. The summed E-state index contributed by atoms with van der Waals surface area (Å²) in [6, 6.07) is 11.4. The van der Waals surface area contributed by atoms with Crippen LogP contribution in [0.2, 0.25) is 5.02 Å². The number of anilines is 2. The van der Waals surface area contributed by atoms with Crippen LogP contribution in [-0.2, 0) is 4.79 Å². The molecule has 39 heavy (non-hydrogen) atoms. The van der Waals surface area contributed by atoms with E-state index < -0.39 is 47.8 Å². The van der Waals surface area contributed by atoms with Crippen molar-refractivity contribution < 1.29 is 27.9 Å². The molecule has 0 bridgehead atoms. The molecule has 2 saturated heterocycles. The molecule has 0 saturated carbocycles. The van der Waals surface area contributed by atoms with Gasteiger partial charge in [0.25, 0.3) is 5.91 Å². The number of aromatic nitrogens is 1. The topological polar surface area (TPSA) is 85.8 Å². The zero-order valence-electron chi connectivity index (χ0n) is 20.3. The maximum absolute atomic E-state index is 13.7. The quantitative estimate of drug-likeness (QED) is 0.438. The van der Waals surface area contributed by atoms with Gasteiger partial charge in [-0.3, -0.25) is 9.78 Å². The Morgan fingerprint density at radius 3 is 2.56 bits per heavy atom. The van der Waals surface area contributed by atoms with Gasteiger partial charge in [0.15, 0.2) is 5.60 Å². The Kier molecular flexibility index (Phi) is 6.28. The molecule has 2 aromatic carbocycles. The number of imide groups is 1. The number of rotatable bonds is 3. The predicted octanol–water partition coefficient (Wildman–Crippen LogP) is 5.36. The molecule has 0 radical (unpaired) electrons. The second-order valence-corrected chi connectivity index (χ2v) is 11.4. The number of piperidine rings is 1. The third-order valence-corrected chi connectivity index (χ3v) is 9.14. The minimum absolute atomic E-state index is 0.00193. The molecule has 1 aromatic heterocycles. The molecular formula is C27H22ClF3N4O3S. The zero-order chi connectivity index (χ0) is 27.5. The summed E-state index contributed by atoms with van der Waals surface area (Å²) in [6.07, 6.45) is -0.735. The van der Waals surface area contributed by atoms with Crippen molar-refractivity contribution >= 4 is 62.4 Å². The minimum atomic E-state index is -4.69. The number of fused-ring (bicyclic) bond motifs is 2. The molecule has 3 aliphatic heterocycles. The van der Waals surface area contributed by atoms with Crippen LogP contribution in [0.15, 0.2) is 60.9 Å². The van der Waals surface area contributed by atoms with Crippen molar-refractivity contribution in [1.29, 1.82) is 0 Å². The first-order valence-corrected chi connectivity index (χ1v) is 13.5. The fraction of sp³-hybridized carbons (Fsp3) is 0.296. The molecule has 0 spiro atoms. The smallest absolute Gasteiger partial charge is 0.380 e. The minimum Gasteiger partial charge on any atom is -0.380 e. The van der Waals surface area contributed by atoms with Gasteiger partial charge >= 0.3 is 12.2 Å². The van der Waals surface area contributed by atoms with Crippen LogP contribution in [0.3, 0.4) is 0 Å². The van der Waals surface area contributed by atoms with Crippen molar-refractivity contribution in [2.45, 2.75) is 35.9 Å². The number of pyridine rings is 1. The van der Waals surface area contributed by atoms with E-state index in [9.17, 15) is 27.9 Å². The van der Waals surface area contributed by atoms with Gasteiger partial charge in [-0.05, 0) is 24.3 Å². The monoisotopic (exact) mass is 574 g/mol. The van der Waals surface area contributed by atoms with Gasteiger partial charge in [0, 0.05) is 64.1 Å². The number of thioether (sulfide) groups is 1. The highest BCUT2D eigenvalue weighted by Gasteiger charge is 2.54. The Hall–Kier alpha value is -3.28. The molecule has 7 nitrogen and oxygen atoms in total. The SMILES string of the molecule is O=C1NC2C=C(c3ccccc3Cl)SC2C(=O)N1c1cncc2ccc(N3CCC(O)(C(F)(F)F)CC3)cc12. The van der Waals surface area contributed by atoms with Crippen molar-refractivity contribution in [3.8, 4) is 0 Å². The molecular weight excluding hydrogens is 553 g/mol. The highest BCUT2D eigenvalue weighted by Crippen LogP contribution is 2.45. The number of nitrogens with zero attached hydrogens (tertiary/aromatic N) is 3. The van der Waals surface area contributed by atoms with Crippen LogP contribution in [0, 0.1) is 0 Å². The predicted molar refractivity (Wildman–Crippen MR) is 145 cm³/mol. The van der Waals surface area contributed by atoms with Crippen molar-refractivity contribution in [2.75, 3.05) is 22.9 Å². The van der Waals surface area contributed by atoms with Crippen LogP contribution < -0.4 is 15.1 Å². The first-order chi connectivity index (χ1) is 18.6. The van der Waals surface area contributed by atoms with E-state index in [4.69, 9.17) is 11.6 Å². The van der Waals surface area contributed by atoms with Crippen LogP contribution in [0.5, 0.6) is 0 Å². The summed E-state index contributed by atoms with van der Waals surface area (Å²) in [5, 5.41) is 14.1. The molecule has 4 heterocycles. The molecule has 3 aliphatic rings. The van der Waals surface area contributed by atoms with Crippen molar-refractivity contribution in [3.05, 3.63) is 71.5 Å². The lowest BCUT2D eigenvalue weighted by Crippen LogP contribution is -2.60. The van der Waals surface area contributed by atoms with Crippen LogP contribution in [-0.4, -0.2) is 58.2 Å². The molecule has 2 N–H and O–H groups in total. The molecule has 12 heteroatoms. The fourth-order valence-electron chi connectivity index (χ4n) is 5.23. The van der Waals surface area contributed by atoms with Gasteiger partial charge in [0.1, 0.15) is 5.25 Å². The number of aliphatic hydroxyl groups is 1. The Labute approximate surface area is 230 Å². The van der Waals surface area contributed by atoms with Gasteiger partial charge in [-0.2, -0.15) is 13.2 Å². The number of halogens is 4.